The van der Waals surface area contributed by atoms with Gasteiger partial charge in [-0.25, -0.2) is 0 Å². The van der Waals surface area contributed by atoms with E-state index in [0.717, 1.165) is 81.1 Å². The normalized spacial score (nSPS) is 21.9. The average molecular weight is 865 g/mol. The van der Waals surface area contributed by atoms with Crippen LogP contribution in [0.1, 0.15) is 173 Å². The first kappa shape index (κ1) is 49.7. The zero-order valence-corrected chi connectivity index (χ0v) is 41.1. The van der Waals surface area contributed by atoms with Crippen LogP contribution in [0.4, 0.5) is 0 Å². The van der Waals surface area contributed by atoms with Crippen LogP contribution in [0.25, 0.3) is 35.2 Å². The second kappa shape index (κ2) is 22.1. The molecular weight excluding hydrogens is 797 g/mol. The Morgan fingerprint density at radius 3 is 2.19 bits per heavy atom. The zero-order valence-electron chi connectivity index (χ0n) is 39.7. The number of esters is 2. The number of Topliss-reactive ketones (excluding diaryl/α,β-unsaturated/α-hetero) is 1. The minimum absolute atomic E-state index is 0. The molecule has 5 atom stereocenters. The topological polar surface area (TPSA) is 126 Å². The number of methoxy groups -OCH3 is 1. The number of fused-ring (bicyclic) bond motifs is 7. The van der Waals surface area contributed by atoms with Crippen molar-refractivity contribution in [3.63, 3.8) is 0 Å². The summed E-state index contributed by atoms with van der Waals surface area (Å²) in [6.07, 6.45) is 22.3. The molecule has 0 amide bonds. The van der Waals surface area contributed by atoms with Crippen LogP contribution in [-0.4, -0.2) is 54.5 Å². The molecule has 0 N–H and O–H groups in total. The maximum absolute atomic E-state index is 14.3. The second-order valence-electron chi connectivity index (χ2n) is 18.2. The molecule has 0 radical (unpaired) electrons. The summed E-state index contributed by atoms with van der Waals surface area (Å²) in [6, 6.07) is 0. The molecule has 0 spiro atoms. The van der Waals surface area contributed by atoms with Crippen molar-refractivity contribution in [1.29, 1.82) is 0 Å². The van der Waals surface area contributed by atoms with Crippen LogP contribution >= 0.6 is 0 Å². The fourth-order valence-electron chi connectivity index (χ4n) is 9.76. The predicted molar refractivity (Wildman–Crippen MR) is 255 cm³/mol. The molecule has 2 aliphatic heterocycles. The number of carbonyl (C=O) groups is 3. The first-order valence-electron chi connectivity index (χ1n) is 23.2. The van der Waals surface area contributed by atoms with Crippen molar-refractivity contribution in [3.05, 3.63) is 102 Å². The molecule has 1 saturated heterocycles. The maximum Gasteiger partial charge on any atom is 2.00 e. The van der Waals surface area contributed by atoms with Crippen LogP contribution in [0.5, 0.6) is 0 Å². The molecule has 10 heteroatoms. The average Bonchev–Trinajstić information content (AvgIpc) is 3.99. The molecule has 9 nitrogen and oxygen atoms in total. The van der Waals surface area contributed by atoms with E-state index in [4.69, 9.17) is 29.7 Å². The van der Waals surface area contributed by atoms with E-state index in [0.29, 0.717) is 40.2 Å². The molecule has 0 saturated carbocycles. The van der Waals surface area contributed by atoms with E-state index < -0.39 is 11.9 Å². The summed E-state index contributed by atoms with van der Waals surface area (Å²) >= 11 is 0. The number of hydrogen-bond donors (Lipinski definition) is 0. The monoisotopic (exact) mass is 865 g/mol. The molecule has 334 valence electrons. The van der Waals surface area contributed by atoms with Gasteiger partial charge in [0.1, 0.15) is 12.5 Å². The molecule has 3 aromatic rings. The van der Waals surface area contributed by atoms with Gasteiger partial charge in [-0.1, -0.05) is 144 Å². The van der Waals surface area contributed by atoms with Gasteiger partial charge in [0.2, 0.25) is 0 Å². The maximum atomic E-state index is 14.3. The number of rotatable bonds is 19. The quantitative estimate of drug-likeness (QED) is 0.0505. The Hall–Kier alpha value is -4.28. The number of hydrogen-bond acceptors (Lipinski definition) is 5. The SMILES string of the molecule is C=Cc1c2[n-]c(c1C)/C=C1\[N-]/C(=C3\c4[n-]c(c(C)c4C(=O)[C@@H]3C(=O)OC)/C=c3\[n-]/c(c(C)c3CC)=C\2)[C@@H](CCC(=O)OC/C=C(\C)CCC[C@H](C)CCC[C@H](C)CCCC)[C@@H]1C.[Mg+2]. The van der Waals surface area contributed by atoms with E-state index in [1.54, 1.807) is 0 Å². The van der Waals surface area contributed by atoms with Crippen LogP contribution in [-0.2, 0) is 25.5 Å². The fourth-order valence-corrected chi connectivity index (χ4v) is 9.76. The van der Waals surface area contributed by atoms with Crippen LogP contribution in [0.15, 0.2) is 29.6 Å². The third-order valence-electron chi connectivity index (χ3n) is 13.8. The van der Waals surface area contributed by atoms with E-state index in [9.17, 15) is 14.4 Å². The standard InChI is InChI=1S/C53H69N4O5.Mg/c1-12-15-18-30(4)19-16-20-31(5)21-17-22-32(6)25-26-62-46(58)24-23-39-35(9)42-27-40-33(7)37(13-2)44(54-40)28-41-34(8)38(14-3)45(55-41)29-43-36(10)47-51(57-43)48(50(39)56-42)49(52(47)59)53(60)61-11;/h13,25,27-31,35,39,49H,2,12,14-24,26H2,1,3-11H3,(H-,56,57,59);/q-3;+2/p-1/b32-25+,41-28-,42-27-,45-29-;/t30-,31-,35+,39+,49-;/m1./s1. The van der Waals surface area contributed by atoms with Crippen LogP contribution in [0, 0.1) is 50.4 Å². The number of ketones is 1. The minimum atomic E-state index is -1.22. The first-order chi connectivity index (χ1) is 29.7. The smallest absolute Gasteiger partial charge is 0.664 e. The zero-order chi connectivity index (χ0) is 44.8. The van der Waals surface area contributed by atoms with Crippen molar-refractivity contribution in [1.82, 2.24) is 15.0 Å². The van der Waals surface area contributed by atoms with Crippen molar-refractivity contribution in [2.24, 2.45) is 29.6 Å². The van der Waals surface area contributed by atoms with Crippen molar-refractivity contribution < 1.29 is 23.9 Å². The largest absolute Gasteiger partial charge is 2.00 e. The van der Waals surface area contributed by atoms with E-state index in [-0.39, 0.29) is 59.7 Å². The number of unbranched alkanes of at least 4 members (excludes halogenated alkanes) is 1. The van der Waals surface area contributed by atoms with Gasteiger partial charge in [0.25, 0.3) is 0 Å². The number of allylic oxidation sites excluding steroid dienone is 3. The predicted octanol–water partition coefficient (Wildman–Crippen LogP) is 9.73. The molecule has 63 heavy (non-hydrogen) atoms. The van der Waals surface area contributed by atoms with Gasteiger partial charge in [0.15, 0.2) is 5.78 Å². The summed E-state index contributed by atoms with van der Waals surface area (Å²) in [6.45, 7) is 23.6. The van der Waals surface area contributed by atoms with Crippen molar-refractivity contribution in [2.75, 3.05) is 13.7 Å². The Morgan fingerprint density at radius 2 is 1.52 bits per heavy atom. The summed E-state index contributed by atoms with van der Waals surface area (Å²) < 4.78 is 11.0. The second-order valence-corrected chi connectivity index (χ2v) is 18.2. The molecule has 3 aromatic heterocycles. The van der Waals surface area contributed by atoms with Gasteiger partial charge in [-0.05, 0) is 88.7 Å². The third kappa shape index (κ3) is 10.8. The number of carbonyl (C=O) groups excluding carboxylic acids is 3. The minimum Gasteiger partial charge on any atom is -0.664 e. The van der Waals surface area contributed by atoms with Gasteiger partial charge in [-0.15, -0.1) is 33.5 Å². The molecule has 1 fully saturated rings. The Kier molecular flexibility index (Phi) is 17.4. The number of aromatic nitrogens is 3. The van der Waals surface area contributed by atoms with Crippen LogP contribution < -0.4 is 25.7 Å². The van der Waals surface area contributed by atoms with Crippen LogP contribution in [0.3, 0.4) is 0 Å². The summed E-state index contributed by atoms with van der Waals surface area (Å²) in [5.74, 6) is -1.49. The summed E-state index contributed by atoms with van der Waals surface area (Å²) in [7, 11) is 1.29. The van der Waals surface area contributed by atoms with E-state index in [1.807, 2.05) is 44.2 Å². The Balaban J connectivity index is 0.00000748. The third-order valence-corrected chi connectivity index (χ3v) is 13.8. The number of ether oxygens (including phenoxy) is 2. The number of nitrogens with zero attached hydrogens (tertiary/aromatic N) is 4. The van der Waals surface area contributed by atoms with Crippen molar-refractivity contribution >= 4 is 70.7 Å². The molecule has 8 bridgehead atoms. The van der Waals surface area contributed by atoms with Gasteiger partial charge in [0.05, 0.1) is 7.11 Å². The van der Waals surface area contributed by atoms with Gasteiger partial charge in [0, 0.05) is 12.0 Å². The first-order valence-corrected chi connectivity index (χ1v) is 23.2. The van der Waals surface area contributed by atoms with Gasteiger partial charge >= 0.3 is 35.0 Å². The molecule has 3 aliphatic rings. The Bertz CT molecular complexity index is 2400. The summed E-state index contributed by atoms with van der Waals surface area (Å²) in [5, 5.41) is 6.83. The molecule has 1 aliphatic carbocycles. The van der Waals surface area contributed by atoms with Gasteiger partial charge in [-0.2, -0.15) is 11.4 Å². The van der Waals surface area contributed by atoms with Gasteiger partial charge < -0.3 is 29.7 Å². The van der Waals surface area contributed by atoms with E-state index in [1.165, 1.54) is 57.6 Å². The molecule has 0 aromatic carbocycles. The van der Waals surface area contributed by atoms with E-state index in [2.05, 4.69) is 55.0 Å². The molecule has 6 rings (SSSR count). The Labute approximate surface area is 392 Å². The summed E-state index contributed by atoms with van der Waals surface area (Å²) in [4.78, 5) is 56.5. The molecule has 5 heterocycles. The van der Waals surface area contributed by atoms with E-state index >= 15 is 0 Å². The van der Waals surface area contributed by atoms with Crippen LogP contribution in [0.2, 0.25) is 0 Å². The fraction of sp³-hybridized carbons (Fsp3) is 0.528. The van der Waals surface area contributed by atoms with Gasteiger partial charge in [-0.3, -0.25) is 14.4 Å². The Morgan fingerprint density at radius 1 is 0.857 bits per heavy atom. The molecular formula is C53H68MgN4O5-2. The van der Waals surface area contributed by atoms with Crippen molar-refractivity contribution in [2.45, 2.75) is 139 Å². The summed E-state index contributed by atoms with van der Waals surface area (Å²) in [5.41, 5.74) is 10.7. The molecule has 0 unspecified atom stereocenters. The van der Waals surface area contributed by atoms with Crippen molar-refractivity contribution in [3.8, 4) is 0 Å².